The molecule has 0 saturated carbocycles. The van der Waals surface area contributed by atoms with E-state index in [2.05, 4.69) is 48.3 Å². The first-order valence-electron chi connectivity index (χ1n) is 6.88. The maximum absolute atomic E-state index is 5.77. The second kappa shape index (κ2) is 6.88. The van der Waals surface area contributed by atoms with Gasteiger partial charge in [0.15, 0.2) is 0 Å². The number of aryl methyl sites for hydroxylation is 1. The number of likely N-dealkylation sites (N-methyl/N-ethyl adjacent to an activating group) is 1. The van der Waals surface area contributed by atoms with E-state index >= 15 is 0 Å². The van der Waals surface area contributed by atoms with E-state index in [9.17, 15) is 0 Å². The molecule has 1 aromatic carbocycles. The third kappa shape index (κ3) is 3.80. The molecule has 1 N–H and O–H groups in total. The van der Waals surface area contributed by atoms with Crippen molar-refractivity contribution in [3.05, 3.63) is 35.4 Å². The maximum Gasteiger partial charge on any atom is 0.0826 e. The van der Waals surface area contributed by atoms with Gasteiger partial charge in [0.1, 0.15) is 0 Å². The molecule has 0 bridgehead atoms. The molecule has 0 aliphatic carbocycles. The van der Waals surface area contributed by atoms with E-state index in [-0.39, 0.29) is 0 Å². The van der Waals surface area contributed by atoms with Crippen LogP contribution in [0.25, 0.3) is 0 Å². The highest BCUT2D eigenvalue weighted by atomic mass is 16.5. The Labute approximate surface area is 110 Å². The van der Waals surface area contributed by atoms with E-state index < -0.39 is 0 Å². The third-order valence-corrected chi connectivity index (χ3v) is 3.62. The van der Waals surface area contributed by atoms with Crippen LogP contribution >= 0.6 is 0 Å². The van der Waals surface area contributed by atoms with Crippen LogP contribution < -0.4 is 5.32 Å². The molecule has 2 rings (SSSR count). The molecular weight excluding hydrogens is 224 g/mol. The summed E-state index contributed by atoms with van der Waals surface area (Å²) in [5.74, 6) is 0. The Morgan fingerprint density at radius 1 is 1.39 bits per heavy atom. The zero-order valence-corrected chi connectivity index (χ0v) is 11.5. The summed E-state index contributed by atoms with van der Waals surface area (Å²) >= 11 is 0. The van der Waals surface area contributed by atoms with Gasteiger partial charge in [0.25, 0.3) is 0 Å². The van der Waals surface area contributed by atoms with E-state index in [0.717, 1.165) is 39.3 Å². The lowest BCUT2D eigenvalue weighted by atomic mass is 10.1. The second-order valence-corrected chi connectivity index (χ2v) is 4.94. The predicted octanol–water partition coefficient (Wildman–Crippen LogP) is 1.81. The lowest BCUT2D eigenvalue weighted by Gasteiger charge is -2.32. The van der Waals surface area contributed by atoms with Crippen LogP contribution in [0.4, 0.5) is 0 Å². The molecule has 1 unspecified atom stereocenters. The van der Waals surface area contributed by atoms with Gasteiger partial charge in [-0.05, 0) is 24.6 Å². The molecule has 18 heavy (non-hydrogen) atoms. The molecule has 1 heterocycles. The number of rotatable bonds is 5. The van der Waals surface area contributed by atoms with Gasteiger partial charge >= 0.3 is 0 Å². The first-order valence-corrected chi connectivity index (χ1v) is 6.88. The Morgan fingerprint density at radius 3 is 3.00 bits per heavy atom. The molecule has 1 saturated heterocycles. The average Bonchev–Trinajstić information content (AvgIpc) is 2.41. The first kappa shape index (κ1) is 13.5. The number of nitrogens with one attached hydrogen (secondary N) is 1. The van der Waals surface area contributed by atoms with E-state index in [1.165, 1.54) is 11.1 Å². The molecule has 1 aromatic rings. The van der Waals surface area contributed by atoms with Crippen molar-refractivity contribution in [2.75, 3.05) is 32.8 Å². The van der Waals surface area contributed by atoms with E-state index in [1.54, 1.807) is 0 Å². The van der Waals surface area contributed by atoms with Crippen molar-refractivity contribution >= 4 is 0 Å². The minimum Gasteiger partial charge on any atom is -0.374 e. The SMILES string of the molecule is CCN1CCOC(CNCc2ccccc2C)C1. The summed E-state index contributed by atoms with van der Waals surface area (Å²) in [4.78, 5) is 2.45. The second-order valence-electron chi connectivity index (χ2n) is 4.94. The molecule has 0 aromatic heterocycles. The van der Waals surface area contributed by atoms with Gasteiger partial charge in [-0.3, -0.25) is 4.90 Å². The van der Waals surface area contributed by atoms with Crippen molar-refractivity contribution in [3.8, 4) is 0 Å². The van der Waals surface area contributed by atoms with Gasteiger partial charge in [-0.1, -0.05) is 31.2 Å². The van der Waals surface area contributed by atoms with Crippen molar-refractivity contribution in [2.45, 2.75) is 26.5 Å². The number of morpholine rings is 1. The van der Waals surface area contributed by atoms with Crippen LogP contribution in [0.15, 0.2) is 24.3 Å². The standard InChI is InChI=1S/C15H24N2O/c1-3-17-8-9-18-15(12-17)11-16-10-14-7-5-4-6-13(14)2/h4-7,15-16H,3,8-12H2,1-2H3. The van der Waals surface area contributed by atoms with Crippen LogP contribution in [0, 0.1) is 6.92 Å². The van der Waals surface area contributed by atoms with Gasteiger partial charge in [0, 0.05) is 26.2 Å². The zero-order valence-electron chi connectivity index (χ0n) is 11.5. The molecular formula is C15H24N2O. The number of hydrogen-bond donors (Lipinski definition) is 1. The van der Waals surface area contributed by atoms with Gasteiger partial charge in [-0.25, -0.2) is 0 Å². The number of benzene rings is 1. The minimum atomic E-state index is 0.336. The molecule has 3 heteroatoms. The van der Waals surface area contributed by atoms with Gasteiger partial charge < -0.3 is 10.1 Å². The Bertz CT molecular complexity index is 367. The molecule has 0 spiro atoms. The first-order chi connectivity index (χ1) is 8.79. The van der Waals surface area contributed by atoms with Crippen molar-refractivity contribution in [1.82, 2.24) is 10.2 Å². The number of nitrogens with zero attached hydrogens (tertiary/aromatic N) is 1. The fourth-order valence-corrected chi connectivity index (χ4v) is 2.37. The van der Waals surface area contributed by atoms with Gasteiger partial charge in [-0.15, -0.1) is 0 Å². The summed E-state index contributed by atoms with van der Waals surface area (Å²) in [5, 5.41) is 3.51. The molecule has 1 atom stereocenters. The summed E-state index contributed by atoms with van der Waals surface area (Å²) in [6.45, 7) is 10.4. The lowest BCUT2D eigenvalue weighted by Crippen LogP contribution is -2.46. The van der Waals surface area contributed by atoms with Gasteiger partial charge in [0.2, 0.25) is 0 Å². The average molecular weight is 248 g/mol. The van der Waals surface area contributed by atoms with Gasteiger partial charge in [0.05, 0.1) is 12.7 Å². The molecule has 0 amide bonds. The van der Waals surface area contributed by atoms with Crippen molar-refractivity contribution in [3.63, 3.8) is 0 Å². The monoisotopic (exact) mass is 248 g/mol. The molecule has 100 valence electrons. The number of ether oxygens (including phenoxy) is 1. The largest absolute Gasteiger partial charge is 0.374 e. The Balaban J connectivity index is 1.73. The number of hydrogen-bond acceptors (Lipinski definition) is 3. The van der Waals surface area contributed by atoms with Crippen molar-refractivity contribution in [1.29, 1.82) is 0 Å². The van der Waals surface area contributed by atoms with E-state index in [4.69, 9.17) is 4.74 Å². The van der Waals surface area contributed by atoms with Crippen LogP contribution in [0.1, 0.15) is 18.1 Å². The fourth-order valence-electron chi connectivity index (χ4n) is 2.37. The highest BCUT2D eigenvalue weighted by Crippen LogP contribution is 2.07. The molecule has 1 aliphatic heterocycles. The van der Waals surface area contributed by atoms with E-state index in [1.807, 2.05) is 0 Å². The van der Waals surface area contributed by atoms with Gasteiger partial charge in [-0.2, -0.15) is 0 Å². The van der Waals surface area contributed by atoms with Crippen molar-refractivity contribution in [2.24, 2.45) is 0 Å². The summed E-state index contributed by atoms with van der Waals surface area (Å²) in [6, 6.07) is 8.53. The Hall–Kier alpha value is -0.900. The predicted molar refractivity (Wildman–Crippen MR) is 74.7 cm³/mol. The molecule has 0 radical (unpaired) electrons. The molecule has 1 fully saturated rings. The quantitative estimate of drug-likeness (QED) is 0.860. The highest BCUT2D eigenvalue weighted by molar-refractivity contribution is 5.25. The maximum atomic E-state index is 5.77. The van der Waals surface area contributed by atoms with Crippen LogP contribution in [0.5, 0.6) is 0 Å². The summed E-state index contributed by atoms with van der Waals surface area (Å²) < 4.78 is 5.77. The van der Waals surface area contributed by atoms with Crippen LogP contribution in [-0.4, -0.2) is 43.8 Å². The highest BCUT2D eigenvalue weighted by Gasteiger charge is 2.18. The Morgan fingerprint density at radius 2 is 2.22 bits per heavy atom. The molecule has 1 aliphatic rings. The topological polar surface area (TPSA) is 24.5 Å². The smallest absolute Gasteiger partial charge is 0.0826 e. The van der Waals surface area contributed by atoms with E-state index in [0.29, 0.717) is 6.10 Å². The van der Waals surface area contributed by atoms with Crippen molar-refractivity contribution < 1.29 is 4.74 Å². The summed E-state index contributed by atoms with van der Waals surface area (Å²) in [7, 11) is 0. The zero-order chi connectivity index (χ0) is 12.8. The summed E-state index contributed by atoms with van der Waals surface area (Å²) in [6.07, 6.45) is 0.336. The lowest BCUT2D eigenvalue weighted by molar-refractivity contribution is -0.0253. The van der Waals surface area contributed by atoms with Crippen LogP contribution in [0.2, 0.25) is 0 Å². The minimum absolute atomic E-state index is 0.336. The normalized spacial score (nSPS) is 21.1. The third-order valence-electron chi connectivity index (χ3n) is 3.62. The van der Waals surface area contributed by atoms with Crippen LogP contribution in [0.3, 0.4) is 0 Å². The summed E-state index contributed by atoms with van der Waals surface area (Å²) in [5.41, 5.74) is 2.73. The fraction of sp³-hybridized carbons (Fsp3) is 0.600. The molecule has 3 nitrogen and oxygen atoms in total. The Kier molecular flexibility index (Phi) is 5.17. The van der Waals surface area contributed by atoms with Crippen LogP contribution in [-0.2, 0) is 11.3 Å².